The zero-order chi connectivity index (χ0) is 50.1. The minimum Gasteiger partial charge on any atom is -0.481 e. The van der Waals surface area contributed by atoms with E-state index in [1.54, 1.807) is 6.20 Å². The van der Waals surface area contributed by atoms with Crippen molar-refractivity contribution in [2.24, 2.45) is 39.8 Å². The third-order valence-corrected chi connectivity index (χ3v) is 10.3. The Kier molecular flexibility index (Phi) is 25.2. The molecule has 23 nitrogen and oxygen atoms in total. The van der Waals surface area contributed by atoms with Crippen molar-refractivity contribution < 1.29 is 48.3 Å². The number of aliphatic imine (C=N–C) groups is 1. The predicted molar refractivity (Wildman–Crippen MR) is 250 cm³/mol. The number of carboxylic acid groups (broad SMARTS) is 1. The first kappa shape index (κ1) is 56.5. The number of hydrogen-bond donors (Lipinski definition) is 13. The van der Waals surface area contributed by atoms with E-state index in [4.69, 9.17) is 28.0 Å². The number of unbranched alkanes of at least 4 members (excludes halogenated alkanes) is 1. The Morgan fingerprint density at radius 1 is 0.701 bits per heavy atom. The number of para-hydroxylation sites is 1. The normalized spacial score (nSPS) is 13.8. The molecule has 0 aliphatic heterocycles. The molecule has 0 saturated heterocycles. The Morgan fingerprint density at radius 3 is 1.91 bits per heavy atom. The summed E-state index contributed by atoms with van der Waals surface area (Å²) in [6, 6.07) is 0.679. The van der Waals surface area contributed by atoms with E-state index in [-0.39, 0.29) is 69.3 Å². The predicted octanol–water partition coefficient (Wildman–Crippen LogP) is -1.97. The fourth-order valence-electron chi connectivity index (χ4n) is 6.88. The van der Waals surface area contributed by atoms with E-state index in [0.29, 0.717) is 32.1 Å². The van der Waals surface area contributed by atoms with E-state index in [1.165, 1.54) is 0 Å². The average Bonchev–Trinajstić information content (AvgIpc) is 3.68. The maximum atomic E-state index is 13.8. The van der Waals surface area contributed by atoms with Crippen molar-refractivity contribution >= 4 is 70.5 Å². The van der Waals surface area contributed by atoms with Gasteiger partial charge in [0, 0.05) is 36.5 Å². The van der Waals surface area contributed by atoms with E-state index in [0.717, 1.165) is 16.5 Å². The molecule has 1 aromatic carbocycles. The number of nitrogens with zero attached hydrogens (tertiary/aromatic N) is 1. The number of aromatic nitrogens is 1. The molecule has 6 atom stereocenters. The van der Waals surface area contributed by atoms with Crippen molar-refractivity contribution in [1.29, 1.82) is 0 Å². The molecule has 0 radical (unpaired) electrons. The van der Waals surface area contributed by atoms with Gasteiger partial charge in [0.2, 0.25) is 41.4 Å². The quantitative estimate of drug-likeness (QED) is 0.0164. The second kappa shape index (κ2) is 29.8. The Balaban J connectivity index is 2.12. The van der Waals surface area contributed by atoms with Crippen molar-refractivity contribution in [3.63, 3.8) is 0 Å². The minimum absolute atomic E-state index is 0.0246. The van der Waals surface area contributed by atoms with Gasteiger partial charge in [0.25, 0.3) is 0 Å². The first-order chi connectivity index (χ1) is 31.7. The summed E-state index contributed by atoms with van der Waals surface area (Å²) in [4.78, 5) is 123. The van der Waals surface area contributed by atoms with Gasteiger partial charge in [0.05, 0.1) is 25.2 Å². The van der Waals surface area contributed by atoms with Crippen LogP contribution in [0, 0.1) is 11.8 Å². The lowest BCUT2D eigenvalue weighted by Crippen LogP contribution is -2.58. The zero-order valence-electron chi connectivity index (χ0n) is 38.9. The van der Waals surface area contributed by atoms with E-state index in [2.05, 4.69) is 47.2 Å². The summed E-state index contributed by atoms with van der Waals surface area (Å²) in [6.45, 7) is 6.66. The Hall–Kier alpha value is -6.62. The van der Waals surface area contributed by atoms with Crippen molar-refractivity contribution in [2.75, 3.05) is 26.2 Å². The van der Waals surface area contributed by atoms with Gasteiger partial charge in [-0.3, -0.25) is 43.3 Å². The molecule has 0 unspecified atom stereocenters. The maximum Gasteiger partial charge on any atom is 0.303 e. The first-order valence-electron chi connectivity index (χ1n) is 22.5. The SMILES string of the molecule is CC(C)C[C@H](NC(=O)[C@H](CC(C)C)NC(=O)[C@H](CCCN=C(N)N)NC(=O)[C@@H](N)CCC(=O)O)C(=O)NCC(=O)NCC(=O)N[C@@H](Cc1c[nH]c2ccccc12)C(=O)N[C@H](C=O)CCCCN. The van der Waals surface area contributed by atoms with Crippen LogP contribution >= 0.6 is 0 Å². The number of benzene rings is 1. The molecule has 0 aliphatic rings. The highest BCUT2D eigenvalue weighted by molar-refractivity contribution is 5.96. The van der Waals surface area contributed by atoms with Crippen molar-refractivity contribution in [2.45, 2.75) is 128 Å². The van der Waals surface area contributed by atoms with E-state index in [9.17, 15) is 43.2 Å². The topological polar surface area (TPSA) is 390 Å². The number of H-pyrrole nitrogens is 1. The summed E-state index contributed by atoms with van der Waals surface area (Å²) in [5, 5.41) is 27.9. The van der Waals surface area contributed by atoms with Gasteiger partial charge in [-0.2, -0.15) is 0 Å². The highest BCUT2D eigenvalue weighted by atomic mass is 16.4. The largest absolute Gasteiger partial charge is 0.481 e. The molecule has 17 N–H and O–H groups in total. The van der Waals surface area contributed by atoms with Crippen molar-refractivity contribution in [1.82, 2.24) is 42.2 Å². The van der Waals surface area contributed by atoms with Gasteiger partial charge in [0.1, 0.15) is 30.5 Å². The minimum atomic E-state index is -1.24. The van der Waals surface area contributed by atoms with Crippen LogP contribution in [0.3, 0.4) is 0 Å². The number of carbonyl (C=O) groups is 9. The lowest BCUT2D eigenvalue weighted by molar-refractivity contribution is -0.137. The molecule has 67 heavy (non-hydrogen) atoms. The number of hydrogen-bond acceptors (Lipinski definition) is 12. The fourth-order valence-corrected chi connectivity index (χ4v) is 6.88. The lowest BCUT2D eigenvalue weighted by Gasteiger charge is -2.27. The second-order valence-corrected chi connectivity index (χ2v) is 17.1. The number of nitrogens with one attached hydrogen (secondary N) is 8. The lowest BCUT2D eigenvalue weighted by atomic mass is 9.99. The molecule has 0 saturated carbocycles. The van der Waals surface area contributed by atoms with Crippen LogP contribution in [0.5, 0.6) is 0 Å². The monoisotopic (exact) mass is 942 g/mol. The molecule has 23 heteroatoms. The van der Waals surface area contributed by atoms with Crippen molar-refractivity contribution in [3.05, 3.63) is 36.0 Å². The number of guanidine groups is 1. The molecule has 0 aliphatic carbocycles. The standard InChI is InChI=1S/C44H71N13O10/c1-25(2)18-33(56-43(67)34(19-26(3)4)57-41(65)32(13-9-17-49-44(47)48)55-39(63)30(46)14-15-38(61)62)40(64)52-22-36(59)51-23-37(60)54-35(42(66)53-28(24-58)10-7-8-16-45)20-27-21-50-31-12-6-5-11-29(27)31/h5-6,11-12,21,24-26,28,30,32-35,50H,7-10,13-20,22-23,45-46H2,1-4H3,(H,51,59)(H,52,64)(H,53,66)(H,54,60)(H,55,63)(H,56,67)(H,57,65)(H,61,62)(H4,47,48,49)/t28-,30-,32-,33-,34-,35-/m0/s1. The van der Waals surface area contributed by atoms with Crippen LogP contribution in [0.15, 0.2) is 35.5 Å². The first-order valence-corrected chi connectivity index (χ1v) is 22.5. The number of aldehydes is 1. The molecule has 1 heterocycles. The van der Waals surface area contributed by atoms with Gasteiger partial charge in [-0.15, -0.1) is 0 Å². The third-order valence-electron chi connectivity index (χ3n) is 10.3. The van der Waals surface area contributed by atoms with Crippen LogP contribution in [-0.2, 0) is 49.6 Å². The summed E-state index contributed by atoms with van der Waals surface area (Å²) in [5.41, 5.74) is 23.8. The fraction of sp³-hybridized carbons (Fsp3) is 0.591. The highest BCUT2D eigenvalue weighted by Gasteiger charge is 2.32. The Bertz CT molecular complexity index is 2000. The number of aliphatic carboxylic acids is 1. The molecule has 7 amide bonds. The number of carboxylic acids is 1. The smallest absolute Gasteiger partial charge is 0.303 e. The van der Waals surface area contributed by atoms with Gasteiger partial charge in [-0.25, -0.2) is 0 Å². The molecule has 0 bridgehead atoms. The molecule has 1 aromatic heterocycles. The highest BCUT2D eigenvalue weighted by Crippen LogP contribution is 2.19. The van der Waals surface area contributed by atoms with Crippen LogP contribution in [0.1, 0.15) is 91.0 Å². The summed E-state index contributed by atoms with van der Waals surface area (Å²) in [7, 11) is 0. The van der Waals surface area contributed by atoms with Crippen LogP contribution in [0.2, 0.25) is 0 Å². The van der Waals surface area contributed by atoms with Crippen LogP contribution < -0.4 is 60.2 Å². The molecule has 372 valence electrons. The maximum absolute atomic E-state index is 13.8. The van der Waals surface area contributed by atoms with Gasteiger partial charge < -0.3 is 75.0 Å². The number of carbonyl (C=O) groups excluding carboxylic acids is 8. The van der Waals surface area contributed by atoms with Crippen LogP contribution in [-0.4, -0.2) is 132 Å². The number of fused-ring (bicyclic) bond motifs is 1. The Morgan fingerprint density at radius 2 is 1.30 bits per heavy atom. The molecule has 2 aromatic rings. The summed E-state index contributed by atoms with van der Waals surface area (Å²) >= 11 is 0. The number of aromatic amines is 1. The summed E-state index contributed by atoms with van der Waals surface area (Å²) in [5.74, 6) is -6.62. The second-order valence-electron chi connectivity index (χ2n) is 17.1. The van der Waals surface area contributed by atoms with Gasteiger partial charge >= 0.3 is 5.97 Å². The van der Waals surface area contributed by atoms with Crippen molar-refractivity contribution in [3.8, 4) is 0 Å². The number of nitrogens with two attached hydrogens (primary N) is 4. The third kappa shape index (κ3) is 21.9. The molecule has 2 rings (SSSR count). The van der Waals surface area contributed by atoms with Gasteiger partial charge in [0.15, 0.2) is 5.96 Å². The summed E-state index contributed by atoms with van der Waals surface area (Å²) in [6.07, 6.45) is 4.00. The van der Waals surface area contributed by atoms with E-state index >= 15 is 0 Å². The van der Waals surface area contributed by atoms with Gasteiger partial charge in [-0.05, 0) is 81.4 Å². The van der Waals surface area contributed by atoms with E-state index < -0.39 is 96.7 Å². The van der Waals surface area contributed by atoms with Gasteiger partial charge in [-0.1, -0.05) is 45.9 Å². The molecule has 0 fully saturated rings. The number of amides is 7. The Labute approximate surface area is 390 Å². The molecular formula is C44H71N13O10. The zero-order valence-corrected chi connectivity index (χ0v) is 38.9. The van der Waals surface area contributed by atoms with Crippen LogP contribution in [0.4, 0.5) is 0 Å². The molecule has 0 spiro atoms. The molecular weight excluding hydrogens is 871 g/mol. The van der Waals surface area contributed by atoms with Crippen LogP contribution in [0.25, 0.3) is 10.9 Å². The number of rotatable bonds is 32. The summed E-state index contributed by atoms with van der Waals surface area (Å²) < 4.78 is 0. The average molecular weight is 942 g/mol. The van der Waals surface area contributed by atoms with E-state index in [1.807, 2.05) is 52.0 Å².